The van der Waals surface area contributed by atoms with Gasteiger partial charge in [-0.15, -0.1) is 22.7 Å². The molecule has 0 atom stereocenters. The first-order chi connectivity index (χ1) is 20.4. The Hall–Kier alpha value is -5.01. The van der Waals surface area contributed by atoms with E-state index >= 15 is 0 Å². The van der Waals surface area contributed by atoms with Crippen LogP contribution in [0.2, 0.25) is 0 Å². The minimum absolute atomic E-state index is 0.0595. The highest BCUT2D eigenvalue weighted by Crippen LogP contribution is 2.36. The van der Waals surface area contributed by atoms with E-state index < -0.39 is 11.8 Å². The lowest BCUT2D eigenvalue weighted by molar-refractivity contribution is 0.101. The van der Waals surface area contributed by atoms with Crippen molar-refractivity contribution in [3.05, 3.63) is 76.7 Å². The highest BCUT2D eigenvalue weighted by Gasteiger charge is 2.18. The van der Waals surface area contributed by atoms with Crippen LogP contribution in [0.5, 0.6) is 23.0 Å². The molecule has 0 spiro atoms. The first kappa shape index (κ1) is 28.5. The number of rotatable bonds is 10. The van der Waals surface area contributed by atoms with E-state index in [0.717, 1.165) is 11.1 Å². The standard InChI is InChI=1S/C29H25N5O6S2/c1-37-16-8-10-18(24(12-16)39-3)22-14-41-28(31-22)33-26(35)20-6-5-7-21(30-20)27(36)34-29-32-23(15-42-29)19-11-9-17(38-2)13-25(19)40-4/h5-15H,1-4H3,(H,31,33,35)(H,32,34,36). The lowest BCUT2D eigenvalue weighted by Crippen LogP contribution is -2.18. The van der Waals surface area contributed by atoms with Crippen molar-refractivity contribution in [1.29, 1.82) is 0 Å². The number of amides is 2. The van der Waals surface area contributed by atoms with Gasteiger partial charge in [-0.05, 0) is 36.4 Å². The molecular formula is C29H25N5O6S2. The molecule has 2 N–H and O–H groups in total. The van der Waals surface area contributed by atoms with Crippen LogP contribution in [0.4, 0.5) is 10.3 Å². The molecule has 0 radical (unpaired) electrons. The third kappa shape index (κ3) is 6.16. The lowest BCUT2D eigenvalue weighted by atomic mass is 10.1. The maximum Gasteiger partial charge on any atom is 0.276 e. The molecule has 3 aromatic heterocycles. The molecule has 0 aliphatic rings. The second-order valence-electron chi connectivity index (χ2n) is 8.52. The van der Waals surface area contributed by atoms with Gasteiger partial charge in [0, 0.05) is 34.0 Å². The van der Waals surface area contributed by atoms with Crippen LogP contribution in [-0.2, 0) is 0 Å². The summed E-state index contributed by atoms with van der Waals surface area (Å²) in [6.45, 7) is 0. The number of nitrogens with one attached hydrogen (secondary N) is 2. The SMILES string of the molecule is COc1ccc(-c2csc(NC(=O)c3cccc(C(=O)Nc4nc(-c5ccc(OC)cc5OC)cs4)n3)n2)c(OC)c1. The van der Waals surface area contributed by atoms with Crippen molar-refractivity contribution in [3.8, 4) is 45.5 Å². The fourth-order valence-corrected chi connectivity index (χ4v) is 5.35. The molecule has 0 bridgehead atoms. The van der Waals surface area contributed by atoms with Gasteiger partial charge in [-0.2, -0.15) is 0 Å². The molecule has 5 aromatic rings. The van der Waals surface area contributed by atoms with E-state index in [4.69, 9.17) is 18.9 Å². The Morgan fingerprint density at radius 2 is 1.07 bits per heavy atom. The molecule has 11 nitrogen and oxygen atoms in total. The van der Waals surface area contributed by atoms with Crippen molar-refractivity contribution in [1.82, 2.24) is 15.0 Å². The van der Waals surface area contributed by atoms with Crippen LogP contribution in [0.15, 0.2) is 65.4 Å². The Morgan fingerprint density at radius 3 is 1.48 bits per heavy atom. The van der Waals surface area contributed by atoms with Crippen molar-refractivity contribution in [2.75, 3.05) is 39.1 Å². The predicted octanol–water partition coefficient (Wildman–Crippen LogP) is 5.87. The number of hydrogen-bond acceptors (Lipinski definition) is 11. The van der Waals surface area contributed by atoms with Gasteiger partial charge < -0.3 is 18.9 Å². The van der Waals surface area contributed by atoms with E-state index in [0.29, 0.717) is 44.6 Å². The van der Waals surface area contributed by atoms with Crippen LogP contribution < -0.4 is 29.6 Å². The normalized spacial score (nSPS) is 10.6. The van der Waals surface area contributed by atoms with Crippen molar-refractivity contribution < 1.29 is 28.5 Å². The van der Waals surface area contributed by atoms with Gasteiger partial charge in [0.25, 0.3) is 11.8 Å². The molecular weight excluding hydrogens is 578 g/mol. The summed E-state index contributed by atoms with van der Waals surface area (Å²) in [5, 5.41) is 9.84. The number of methoxy groups -OCH3 is 4. The lowest BCUT2D eigenvalue weighted by Gasteiger charge is -2.08. The number of aromatic nitrogens is 3. The Bertz CT molecular complexity index is 1630. The van der Waals surface area contributed by atoms with E-state index in [1.807, 2.05) is 12.1 Å². The molecule has 13 heteroatoms. The number of ether oxygens (including phenoxy) is 4. The topological polar surface area (TPSA) is 134 Å². The largest absolute Gasteiger partial charge is 0.497 e. The van der Waals surface area contributed by atoms with Crippen LogP contribution in [0.1, 0.15) is 21.0 Å². The third-order valence-corrected chi connectivity index (χ3v) is 7.55. The monoisotopic (exact) mass is 603 g/mol. The summed E-state index contributed by atoms with van der Waals surface area (Å²) in [5.74, 6) is 1.48. The van der Waals surface area contributed by atoms with Gasteiger partial charge in [-0.3, -0.25) is 20.2 Å². The zero-order chi connectivity index (χ0) is 29.6. The molecule has 214 valence electrons. The number of anilines is 2. The van der Waals surface area contributed by atoms with Gasteiger partial charge in [-0.1, -0.05) is 6.07 Å². The number of thiazole rings is 2. The molecule has 42 heavy (non-hydrogen) atoms. The maximum absolute atomic E-state index is 13.0. The van der Waals surface area contributed by atoms with Gasteiger partial charge in [-0.25, -0.2) is 15.0 Å². The summed E-state index contributed by atoms with van der Waals surface area (Å²) in [7, 11) is 6.28. The summed E-state index contributed by atoms with van der Waals surface area (Å²) in [6, 6.07) is 15.4. The zero-order valence-electron chi connectivity index (χ0n) is 23.0. The summed E-state index contributed by atoms with van der Waals surface area (Å²) >= 11 is 2.51. The molecule has 2 aromatic carbocycles. The minimum Gasteiger partial charge on any atom is -0.497 e. The smallest absolute Gasteiger partial charge is 0.276 e. The molecule has 3 heterocycles. The van der Waals surface area contributed by atoms with Gasteiger partial charge in [0.15, 0.2) is 10.3 Å². The summed E-state index contributed by atoms with van der Waals surface area (Å²) in [4.78, 5) is 39.2. The van der Waals surface area contributed by atoms with Crippen molar-refractivity contribution in [2.45, 2.75) is 0 Å². The molecule has 0 saturated heterocycles. The van der Waals surface area contributed by atoms with Crippen molar-refractivity contribution in [2.24, 2.45) is 0 Å². The third-order valence-electron chi connectivity index (χ3n) is 6.03. The van der Waals surface area contributed by atoms with Crippen molar-refractivity contribution in [3.63, 3.8) is 0 Å². The molecule has 5 rings (SSSR count). The fraction of sp³-hybridized carbons (Fsp3) is 0.138. The summed E-state index contributed by atoms with van der Waals surface area (Å²) in [5.41, 5.74) is 2.88. The van der Waals surface area contributed by atoms with Gasteiger partial charge in [0.2, 0.25) is 0 Å². The summed E-state index contributed by atoms with van der Waals surface area (Å²) in [6.07, 6.45) is 0. The highest BCUT2D eigenvalue weighted by molar-refractivity contribution is 7.14. The van der Waals surface area contributed by atoms with E-state index in [9.17, 15) is 9.59 Å². The zero-order valence-corrected chi connectivity index (χ0v) is 24.6. The number of nitrogens with zero attached hydrogens (tertiary/aromatic N) is 3. The minimum atomic E-state index is -0.504. The molecule has 2 amide bonds. The Labute approximate surface area is 249 Å². The van der Waals surface area contributed by atoms with Gasteiger partial charge in [0.05, 0.1) is 39.8 Å². The quantitative estimate of drug-likeness (QED) is 0.201. The predicted molar refractivity (Wildman–Crippen MR) is 161 cm³/mol. The average Bonchev–Trinajstić information content (AvgIpc) is 3.70. The number of carbonyl (C=O) groups is 2. The molecule has 0 saturated carbocycles. The maximum atomic E-state index is 13.0. The Kier molecular flexibility index (Phi) is 8.60. The number of carbonyl (C=O) groups excluding carboxylic acids is 2. The van der Waals surface area contributed by atoms with Crippen LogP contribution in [0.3, 0.4) is 0 Å². The molecule has 0 aliphatic heterocycles. The van der Waals surface area contributed by atoms with Crippen LogP contribution >= 0.6 is 22.7 Å². The number of pyridine rings is 1. The first-order valence-corrected chi connectivity index (χ1v) is 14.1. The first-order valence-electron chi connectivity index (χ1n) is 12.4. The van der Waals surface area contributed by atoms with E-state index in [1.165, 1.54) is 34.8 Å². The van der Waals surface area contributed by atoms with E-state index in [2.05, 4.69) is 25.6 Å². The Morgan fingerprint density at radius 1 is 0.619 bits per heavy atom. The van der Waals surface area contributed by atoms with Gasteiger partial charge >= 0.3 is 0 Å². The van der Waals surface area contributed by atoms with Crippen molar-refractivity contribution >= 4 is 44.8 Å². The molecule has 0 unspecified atom stereocenters. The number of hydrogen-bond donors (Lipinski definition) is 2. The average molecular weight is 604 g/mol. The van der Waals surface area contributed by atoms with Gasteiger partial charge in [0.1, 0.15) is 34.4 Å². The van der Waals surface area contributed by atoms with Crippen LogP contribution in [0.25, 0.3) is 22.5 Å². The molecule has 0 fully saturated rings. The van der Waals surface area contributed by atoms with E-state index in [-0.39, 0.29) is 11.4 Å². The van der Waals surface area contributed by atoms with Crippen LogP contribution in [-0.4, -0.2) is 55.2 Å². The highest BCUT2D eigenvalue weighted by atomic mass is 32.1. The van der Waals surface area contributed by atoms with E-state index in [1.54, 1.807) is 69.5 Å². The summed E-state index contributed by atoms with van der Waals surface area (Å²) < 4.78 is 21.4. The number of benzene rings is 2. The fourth-order valence-electron chi connectivity index (χ4n) is 3.94. The Balaban J connectivity index is 1.27. The molecule has 0 aliphatic carbocycles. The van der Waals surface area contributed by atoms with Crippen LogP contribution in [0, 0.1) is 0 Å². The second kappa shape index (κ2) is 12.7. The second-order valence-corrected chi connectivity index (χ2v) is 10.2.